The minimum Gasteiger partial charge on any atom is -0.378 e. The van der Waals surface area contributed by atoms with Crippen molar-refractivity contribution in [2.45, 2.75) is 52.5 Å². The van der Waals surface area contributed by atoms with Crippen LogP contribution in [0.1, 0.15) is 39.8 Å². The van der Waals surface area contributed by atoms with Crippen molar-refractivity contribution in [2.75, 3.05) is 37.7 Å². The Morgan fingerprint density at radius 2 is 1.64 bits per heavy atom. The van der Waals surface area contributed by atoms with Crippen LogP contribution in [-0.2, 0) is 26.1 Å². The van der Waals surface area contributed by atoms with Crippen LogP contribution in [0.25, 0.3) is 0 Å². The average Bonchev–Trinajstić information content (AvgIpc) is 2.80. The SMILES string of the molecule is Cc1c(C)c(C)c(S(=O)(=O)NCCC(=O)NCc2cccnc2N2CCOCC2)c(C)c1C. The molecule has 33 heavy (non-hydrogen) atoms. The average molecular weight is 475 g/mol. The van der Waals surface area contributed by atoms with Gasteiger partial charge in [0.2, 0.25) is 15.9 Å². The molecule has 1 amide bonds. The molecule has 0 bridgehead atoms. The first-order valence-electron chi connectivity index (χ1n) is 11.2. The summed E-state index contributed by atoms with van der Waals surface area (Å²) >= 11 is 0. The van der Waals surface area contributed by atoms with Crippen LogP contribution >= 0.6 is 0 Å². The number of benzene rings is 1. The van der Waals surface area contributed by atoms with E-state index in [0.717, 1.165) is 52.3 Å². The van der Waals surface area contributed by atoms with Gasteiger partial charge in [-0.1, -0.05) is 6.07 Å². The number of hydrogen-bond donors (Lipinski definition) is 2. The summed E-state index contributed by atoms with van der Waals surface area (Å²) in [5, 5.41) is 2.88. The van der Waals surface area contributed by atoms with Gasteiger partial charge in [0, 0.05) is 44.4 Å². The molecule has 2 N–H and O–H groups in total. The Bertz CT molecular complexity index is 1100. The Morgan fingerprint density at radius 1 is 1.03 bits per heavy atom. The highest BCUT2D eigenvalue weighted by Gasteiger charge is 2.23. The first kappa shape index (κ1) is 25.1. The zero-order valence-corrected chi connectivity index (χ0v) is 20.9. The summed E-state index contributed by atoms with van der Waals surface area (Å²) in [6.07, 6.45) is 1.79. The molecule has 3 rings (SSSR count). The lowest BCUT2D eigenvalue weighted by atomic mass is 9.95. The number of carbonyl (C=O) groups is 1. The number of morpholine rings is 1. The molecule has 0 aliphatic carbocycles. The van der Waals surface area contributed by atoms with Gasteiger partial charge in [0.1, 0.15) is 5.82 Å². The largest absolute Gasteiger partial charge is 0.378 e. The molecule has 9 heteroatoms. The van der Waals surface area contributed by atoms with Crippen LogP contribution in [0.5, 0.6) is 0 Å². The Balaban J connectivity index is 1.59. The summed E-state index contributed by atoms with van der Waals surface area (Å²) in [6.45, 7) is 12.7. The van der Waals surface area contributed by atoms with Crippen LogP contribution in [0.4, 0.5) is 5.82 Å². The van der Waals surface area contributed by atoms with Gasteiger partial charge < -0.3 is 15.0 Å². The van der Waals surface area contributed by atoms with Crippen molar-refractivity contribution in [3.63, 3.8) is 0 Å². The fourth-order valence-corrected chi connectivity index (χ4v) is 5.78. The number of amides is 1. The van der Waals surface area contributed by atoms with E-state index in [1.54, 1.807) is 6.20 Å². The van der Waals surface area contributed by atoms with Gasteiger partial charge in [-0.2, -0.15) is 0 Å². The molecule has 1 aromatic heterocycles. The second-order valence-electron chi connectivity index (χ2n) is 8.46. The molecule has 0 atom stereocenters. The molecule has 1 aromatic carbocycles. The van der Waals surface area contributed by atoms with Crippen molar-refractivity contribution in [1.82, 2.24) is 15.0 Å². The van der Waals surface area contributed by atoms with Crippen molar-refractivity contribution in [3.8, 4) is 0 Å². The minimum absolute atomic E-state index is 0.0301. The second kappa shape index (κ2) is 10.6. The van der Waals surface area contributed by atoms with Crippen LogP contribution < -0.4 is 14.9 Å². The van der Waals surface area contributed by atoms with Crippen molar-refractivity contribution in [2.24, 2.45) is 0 Å². The van der Waals surface area contributed by atoms with E-state index in [1.165, 1.54) is 0 Å². The molecule has 0 spiro atoms. The van der Waals surface area contributed by atoms with E-state index in [2.05, 4.69) is 19.9 Å². The Labute approximate surface area is 196 Å². The summed E-state index contributed by atoms with van der Waals surface area (Å²) < 4.78 is 34.0. The first-order chi connectivity index (χ1) is 15.6. The summed E-state index contributed by atoms with van der Waals surface area (Å²) in [6, 6.07) is 3.78. The number of nitrogens with zero attached hydrogens (tertiary/aromatic N) is 2. The molecule has 0 saturated carbocycles. The van der Waals surface area contributed by atoms with Crippen molar-refractivity contribution in [3.05, 3.63) is 51.7 Å². The Morgan fingerprint density at radius 3 is 2.27 bits per heavy atom. The van der Waals surface area contributed by atoms with Gasteiger partial charge in [0.05, 0.1) is 18.1 Å². The maximum Gasteiger partial charge on any atom is 0.241 e. The van der Waals surface area contributed by atoms with Crippen molar-refractivity contribution in [1.29, 1.82) is 0 Å². The molecule has 8 nitrogen and oxygen atoms in total. The number of anilines is 1. The lowest BCUT2D eigenvalue weighted by molar-refractivity contribution is -0.121. The number of rotatable bonds is 8. The van der Waals surface area contributed by atoms with E-state index in [-0.39, 0.29) is 18.9 Å². The molecule has 1 fully saturated rings. The lowest BCUT2D eigenvalue weighted by Crippen LogP contribution is -2.38. The van der Waals surface area contributed by atoms with Gasteiger partial charge >= 0.3 is 0 Å². The molecule has 2 heterocycles. The number of pyridine rings is 1. The highest BCUT2D eigenvalue weighted by atomic mass is 32.2. The van der Waals surface area contributed by atoms with Gasteiger partial charge in [-0.3, -0.25) is 4.79 Å². The number of aromatic nitrogens is 1. The minimum atomic E-state index is -3.73. The molecule has 0 radical (unpaired) electrons. The summed E-state index contributed by atoms with van der Waals surface area (Å²) in [4.78, 5) is 19.3. The third kappa shape index (κ3) is 5.72. The highest BCUT2D eigenvalue weighted by molar-refractivity contribution is 7.89. The van der Waals surface area contributed by atoms with E-state index < -0.39 is 10.0 Å². The van der Waals surface area contributed by atoms with Crippen molar-refractivity contribution < 1.29 is 17.9 Å². The maximum absolute atomic E-state index is 13.0. The van der Waals surface area contributed by atoms with Crippen LogP contribution in [-0.4, -0.2) is 52.2 Å². The van der Waals surface area contributed by atoms with Crippen molar-refractivity contribution >= 4 is 21.7 Å². The number of carbonyl (C=O) groups excluding carboxylic acids is 1. The third-order valence-corrected chi connectivity index (χ3v) is 8.23. The maximum atomic E-state index is 13.0. The molecule has 1 saturated heterocycles. The molecule has 1 aliphatic heterocycles. The number of nitrogens with one attached hydrogen (secondary N) is 2. The van der Waals surface area contributed by atoms with Crippen LogP contribution in [0.3, 0.4) is 0 Å². The first-order valence-corrected chi connectivity index (χ1v) is 12.7. The molecule has 180 valence electrons. The smallest absolute Gasteiger partial charge is 0.241 e. The van der Waals surface area contributed by atoms with E-state index >= 15 is 0 Å². The van der Waals surface area contributed by atoms with E-state index in [0.29, 0.717) is 24.7 Å². The van der Waals surface area contributed by atoms with Gasteiger partial charge in [-0.25, -0.2) is 18.1 Å². The summed E-state index contributed by atoms with van der Waals surface area (Å²) in [5.41, 5.74) is 5.48. The van der Waals surface area contributed by atoms with E-state index in [4.69, 9.17) is 4.74 Å². The second-order valence-corrected chi connectivity index (χ2v) is 10.2. The number of sulfonamides is 1. The third-order valence-electron chi connectivity index (χ3n) is 6.50. The fraction of sp³-hybridized carbons (Fsp3) is 0.500. The summed E-state index contributed by atoms with van der Waals surface area (Å²) in [7, 11) is -3.73. The van der Waals surface area contributed by atoms with Gasteiger partial charge in [0.25, 0.3) is 0 Å². The molecule has 2 aromatic rings. The quantitative estimate of drug-likeness (QED) is 0.610. The van der Waals surface area contributed by atoms with E-state index in [9.17, 15) is 13.2 Å². The van der Waals surface area contributed by atoms with Crippen LogP contribution in [0.15, 0.2) is 23.2 Å². The predicted molar refractivity (Wildman–Crippen MR) is 129 cm³/mol. The number of hydrogen-bond acceptors (Lipinski definition) is 6. The fourth-order valence-electron chi connectivity index (χ4n) is 4.15. The lowest BCUT2D eigenvalue weighted by Gasteiger charge is -2.29. The van der Waals surface area contributed by atoms with Gasteiger partial charge in [-0.15, -0.1) is 0 Å². The predicted octanol–water partition coefficient (Wildman–Crippen LogP) is 2.45. The molecule has 1 aliphatic rings. The Kier molecular flexibility index (Phi) is 8.10. The van der Waals surface area contributed by atoms with Gasteiger partial charge in [-0.05, 0) is 68.5 Å². The topological polar surface area (TPSA) is 101 Å². The number of ether oxygens (including phenoxy) is 1. The zero-order valence-electron chi connectivity index (χ0n) is 20.1. The normalized spacial score (nSPS) is 14.4. The molecular weight excluding hydrogens is 440 g/mol. The Hall–Kier alpha value is -2.49. The van der Waals surface area contributed by atoms with E-state index in [1.807, 2.05) is 46.8 Å². The monoisotopic (exact) mass is 474 g/mol. The zero-order chi connectivity index (χ0) is 24.2. The summed E-state index contributed by atoms with van der Waals surface area (Å²) in [5.74, 6) is 0.622. The molecular formula is C24H34N4O4S. The van der Waals surface area contributed by atoms with Gasteiger partial charge in [0.15, 0.2) is 0 Å². The standard InChI is InChI=1S/C24H34N4O4S/c1-16-17(2)19(4)23(20(5)18(16)3)33(30,31)27-10-8-22(29)26-15-21-7-6-9-25-24(21)28-11-13-32-14-12-28/h6-7,9,27H,8,10-15H2,1-5H3,(H,26,29). The molecule has 0 unspecified atom stereocenters. The van der Waals surface area contributed by atoms with Crippen LogP contribution in [0, 0.1) is 34.6 Å². The highest BCUT2D eigenvalue weighted by Crippen LogP contribution is 2.29. The van der Waals surface area contributed by atoms with Crippen LogP contribution in [0.2, 0.25) is 0 Å².